The van der Waals surface area contributed by atoms with Gasteiger partial charge in [-0.25, -0.2) is 4.68 Å². The smallest absolute Gasteiger partial charge is 0.138 e. The highest BCUT2D eigenvalue weighted by atomic mass is 16.3. The summed E-state index contributed by atoms with van der Waals surface area (Å²) in [4.78, 5) is 0. The first-order valence-corrected chi connectivity index (χ1v) is 4.62. The molecule has 1 fully saturated rings. The lowest BCUT2D eigenvalue weighted by atomic mass is 9.96. The number of nitrogens with zero attached hydrogens (tertiary/aromatic N) is 4. The zero-order chi connectivity index (χ0) is 9.31. The second-order valence-electron chi connectivity index (χ2n) is 3.86. The number of hydrogen-bond donors (Lipinski definition) is 1. The van der Waals surface area contributed by atoms with Gasteiger partial charge in [-0.15, -0.1) is 5.10 Å². The maximum Gasteiger partial charge on any atom is 0.138 e. The van der Waals surface area contributed by atoms with Gasteiger partial charge >= 0.3 is 0 Å². The van der Waals surface area contributed by atoms with Crippen LogP contribution in [0.1, 0.15) is 26.2 Å². The van der Waals surface area contributed by atoms with E-state index in [-0.39, 0.29) is 11.5 Å². The van der Waals surface area contributed by atoms with E-state index >= 15 is 0 Å². The van der Waals surface area contributed by atoms with Crippen LogP contribution >= 0.6 is 0 Å². The lowest BCUT2D eigenvalue weighted by Crippen LogP contribution is -2.20. The van der Waals surface area contributed by atoms with Crippen LogP contribution in [0.15, 0.2) is 6.33 Å². The van der Waals surface area contributed by atoms with E-state index in [2.05, 4.69) is 15.5 Å². The van der Waals surface area contributed by atoms with Crippen molar-refractivity contribution in [2.45, 2.75) is 38.8 Å². The first-order valence-electron chi connectivity index (χ1n) is 4.62. The Bertz CT molecular complexity index is 266. The lowest BCUT2D eigenvalue weighted by molar-refractivity contribution is 0.100. The van der Waals surface area contributed by atoms with Crippen molar-refractivity contribution in [2.75, 3.05) is 0 Å². The summed E-state index contributed by atoms with van der Waals surface area (Å²) in [5, 5.41) is 20.4. The third kappa shape index (κ3) is 1.70. The molecule has 1 unspecified atom stereocenters. The van der Waals surface area contributed by atoms with Crippen molar-refractivity contribution in [3.63, 3.8) is 0 Å². The van der Waals surface area contributed by atoms with E-state index in [4.69, 9.17) is 0 Å². The normalized spacial score (nSPS) is 21.4. The Morgan fingerprint density at radius 1 is 1.62 bits per heavy atom. The molecule has 0 aliphatic heterocycles. The first kappa shape index (κ1) is 8.62. The van der Waals surface area contributed by atoms with Gasteiger partial charge < -0.3 is 5.11 Å². The highest BCUT2D eigenvalue weighted by molar-refractivity contribution is 4.96. The van der Waals surface area contributed by atoms with E-state index in [1.54, 1.807) is 11.0 Å². The van der Waals surface area contributed by atoms with Crippen molar-refractivity contribution in [3.8, 4) is 0 Å². The number of aromatic nitrogens is 4. The van der Waals surface area contributed by atoms with Crippen molar-refractivity contribution in [3.05, 3.63) is 6.33 Å². The van der Waals surface area contributed by atoms with Gasteiger partial charge in [0.2, 0.25) is 0 Å². The van der Waals surface area contributed by atoms with Crippen LogP contribution in [-0.4, -0.2) is 31.4 Å². The second kappa shape index (κ2) is 3.06. The van der Waals surface area contributed by atoms with E-state index < -0.39 is 0 Å². The molecular weight excluding hydrogens is 168 g/mol. The molecule has 0 saturated heterocycles. The molecule has 0 radical (unpaired) electrons. The van der Waals surface area contributed by atoms with Gasteiger partial charge in [-0.2, -0.15) is 0 Å². The molecule has 2 rings (SSSR count). The molecule has 72 valence electrons. The highest BCUT2D eigenvalue weighted by Gasteiger charge is 2.46. The Kier molecular flexibility index (Phi) is 2.03. The standard InChI is InChI=1S/C8H14N4O/c1-7(13)8(2-3-8)4-5-12-6-9-10-11-12/h6-7,13H,2-5H2,1H3. The molecule has 0 spiro atoms. The maximum atomic E-state index is 9.51. The van der Waals surface area contributed by atoms with Gasteiger partial charge in [0, 0.05) is 6.54 Å². The van der Waals surface area contributed by atoms with Crippen LogP contribution in [0, 0.1) is 5.41 Å². The number of aliphatic hydroxyl groups is 1. The van der Waals surface area contributed by atoms with Gasteiger partial charge in [-0.05, 0) is 42.0 Å². The molecule has 1 N–H and O–H groups in total. The average molecular weight is 182 g/mol. The van der Waals surface area contributed by atoms with Crippen molar-refractivity contribution in [2.24, 2.45) is 5.41 Å². The maximum absolute atomic E-state index is 9.51. The fourth-order valence-corrected chi connectivity index (χ4v) is 1.66. The summed E-state index contributed by atoms with van der Waals surface area (Å²) in [7, 11) is 0. The molecule has 1 aromatic heterocycles. The minimum absolute atomic E-state index is 0.159. The number of hydrogen-bond acceptors (Lipinski definition) is 4. The molecule has 0 bridgehead atoms. The molecule has 1 atom stereocenters. The summed E-state index contributed by atoms with van der Waals surface area (Å²) >= 11 is 0. The number of aryl methyl sites for hydroxylation is 1. The topological polar surface area (TPSA) is 63.8 Å². The SMILES string of the molecule is CC(O)C1(CCn2cnnn2)CC1. The Morgan fingerprint density at radius 3 is 2.85 bits per heavy atom. The van der Waals surface area contributed by atoms with Crippen LogP contribution < -0.4 is 0 Å². The second-order valence-corrected chi connectivity index (χ2v) is 3.86. The third-order valence-corrected chi connectivity index (χ3v) is 3.01. The first-order chi connectivity index (χ1) is 6.23. The monoisotopic (exact) mass is 182 g/mol. The quantitative estimate of drug-likeness (QED) is 0.723. The van der Waals surface area contributed by atoms with Gasteiger partial charge in [-0.1, -0.05) is 0 Å². The summed E-state index contributed by atoms with van der Waals surface area (Å²) in [6, 6.07) is 0. The van der Waals surface area contributed by atoms with Crippen LogP contribution in [0.2, 0.25) is 0 Å². The fraction of sp³-hybridized carbons (Fsp3) is 0.875. The van der Waals surface area contributed by atoms with Crippen molar-refractivity contribution >= 4 is 0 Å². The van der Waals surface area contributed by atoms with Crippen LogP contribution in [0.4, 0.5) is 0 Å². The van der Waals surface area contributed by atoms with Gasteiger partial charge in [0.05, 0.1) is 6.10 Å². The van der Waals surface area contributed by atoms with Crippen molar-refractivity contribution in [1.29, 1.82) is 0 Å². The van der Waals surface area contributed by atoms with Crippen LogP contribution in [0.5, 0.6) is 0 Å². The minimum Gasteiger partial charge on any atom is -0.393 e. The van der Waals surface area contributed by atoms with E-state index in [0.29, 0.717) is 0 Å². The summed E-state index contributed by atoms with van der Waals surface area (Å²) in [5.74, 6) is 0. The van der Waals surface area contributed by atoms with Crippen LogP contribution in [0.3, 0.4) is 0 Å². The lowest BCUT2D eigenvalue weighted by Gasteiger charge is -2.17. The number of aliphatic hydroxyl groups excluding tert-OH is 1. The third-order valence-electron chi connectivity index (χ3n) is 3.01. The number of rotatable bonds is 4. The van der Waals surface area contributed by atoms with E-state index in [1.807, 2.05) is 6.92 Å². The Labute approximate surface area is 76.8 Å². The molecule has 0 amide bonds. The van der Waals surface area contributed by atoms with Crippen molar-refractivity contribution < 1.29 is 5.11 Å². The van der Waals surface area contributed by atoms with Crippen LogP contribution in [0.25, 0.3) is 0 Å². The Balaban J connectivity index is 1.86. The predicted molar refractivity (Wildman–Crippen MR) is 45.8 cm³/mol. The largest absolute Gasteiger partial charge is 0.393 e. The van der Waals surface area contributed by atoms with Gasteiger partial charge in [0.1, 0.15) is 6.33 Å². The molecule has 1 aromatic rings. The van der Waals surface area contributed by atoms with Gasteiger partial charge in [0.15, 0.2) is 0 Å². The molecule has 5 heteroatoms. The molecule has 0 aromatic carbocycles. The number of tetrazole rings is 1. The molecule has 5 nitrogen and oxygen atoms in total. The highest BCUT2D eigenvalue weighted by Crippen LogP contribution is 2.51. The molecule has 1 heterocycles. The van der Waals surface area contributed by atoms with E-state index in [0.717, 1.165) is 25.8 Å². The zero-order valence-electron chi connectivity index (χ0n) is 7.72. The summed E-state index contributed by atoms with van der Waals surface area (Å²) in [5.41, 5.74) is 0.159. The summed E-state index contributed by atoms with van der Waals surface area (Å²) < 4.78 is 1.71. The summed E-state index contributed by atoms with van der Waals surface area (Å²) in [6.07, 6.45) is 4.64. The van der Waals surface area contributed by atoms with E-state index in [1.165, 1.54) is 0 Å². The molecule has 13 heavy (non-hydrogen) atoms. The summed E-state index contributed by atoms with van der Waals surface area (Å²) in [6.45, 7) is 2.67. The van der Waals surface area contributed by atoms with Crippen LogP contribution in [-0.2, 0) is 6.54 Å². The average Bonchev–Trinajstić information content (AvgIpc) is 2.73. The molecule has 1 aliphatic carbocycles. The van der Waals surface area contributed by atoms with Gasteiger partial charge in [0.25, 0.3) is 0 Å². The zero-order valence-corrected chi connectivity index (χ0v) is 7.72. The van der Waals surface area contributed by atoms with Gasteiger partial charge in [-0.3, -0.25) is 0 Å². The van der Waals surface area contributed by atoms with Crippen molar-refractivity contribution in [1.82, 2.24) is 20.2 Å². The Hall–Kier alpha value is -0.970. The fourth-order valence-electron chi connectivity index (χ4n) is 1.66. The Morgan fingerprint density at radius 2 is 2.38 bits per heavy atom. The molecular formula is C8H14N4O. The van der Waals surface area contributed by atoms with E-state index in [9.17, 15) is 5.11 Å². The minimum atomic E-state index is -0.205. The molecule has 1 aliphatic rings. The molecule has 1 saturated carbocycles. The predicted octanol–water partition coefficient (Wildman–Crippen LogP) is 0.224.